The van der Waals surface area contributed by atoms with E-state index in [1.807, 2.05) is 25.5 Å². The van der Waals surface area contributed by atoms with Gasteiger partial charge in [-0.1, -0.05) is 0 Å². The van der Waals surface area contributed by atoms with Gasteiger partial charge in [0, 0.05) is 18.8 Å². The van der Waals surface area contributed by atoms with Crippen molar-refractivity contribution in [2.45, 2.75) is 20.4 Å². The smallest absolute Gasteiger partial charge is 0.226 e. The summed E-state index contributed by atoms with van der Waals surface area (Å²) >= 11 is 0. The van der Waals surface area contributed by atoms with Crippen molar-refractivity contribution in [3.8, 4) is 5.88 Å². The fourth-order valence-corrected chi connectivity index (χ4v) is 1.47. The lowest BCUT2D eigenvalue weighted by Crippen LogP contribution is -2.09. The van der Waals surface area contributed by atoms with Crippen molar-refractivity contribution < 1.29 is 4.74 Å². The van der Waals surface area contributed by atoms with Crippen LogP contribution in [0.15, 0.2) is 12.4 Å². The van der Waals surface area contributed by atoms with E-state index in [0.29, 0.717) is 25.0 Å². The zero-order chi connectivity index (χ0) is 13.0. The maximum Gasteiger partial charge on any atom is 0.226 e. The lowest BCUT2D eigenvalue weighted by atomic mass is 10.4. The summed E-state index contributed by atoms with van der Waals surface area (Å²) in [5.74, 6) is 1.92. The van der Waals surface area contributed by atoms with Crippen LogP contribution in [0.4, 0.5) is 5.95 Å². The molecule has 0 radical (unpaired) electrons. The predicted octanol–water partition coefficient (Wildman–Crippen LogP) is 0.924. The summed E-state index contributed by atoms with van der Waals surface area (Å²) in [5, 5.41) is 10.9. The summed E-state index contributed by atoms with van der Waals surface area (Å²) in [6.45, 7) is 4.92. The first-order chi connectivity index (χ1) is 8.69. The van der Waals surface area contributed by atoms with Crippen LogP contribution in [0.3, 0.4) is 0 Å². The van der Waals surface area contributed by atoms with Crippen LogP contribution < -0.4 is 10.1 Å². The number of nitrogens with zero attached hydrogens (tertiary/aromatic N) is 5. The lowest BCUT2D eigenvalue weighted by Gasteiger charge is -2.07. The molecule has 0 aliphatic carbocycles. The quantitative estimate of drug-likeness (QED) is 0.848. The van der Waals surface area contributed by atoms with Gasteiger partial charge in [0.05, 0.1) is 13.2 Å². The van der Waals surface area contributed by atoms with E-state index in [2.05, 4.69) is 25.5 Å². The van der Waals surface area contributed by atoms with Gasteiger partial charge in [0.2, 0.25) is 11.8 Å². The molecule has 96 valence electrons. The molecule has 0 atom stereocenters. The Balaban J connectivity index is 2.07. The molecule has 0 unspecified atom stereocenters. The van der Waals surface area contributed by atoms with E-state index < -0.39 is 0 Å². The van der Waals surface area contributed by atoms with Gasteiger partial charge in [-0.2, -0.15) is 4.98 Å². The molecule has 2 heterocycles. The number of hydrogen-bond donors (Lipinski definition) is 1. The Bertz CT molecular complexity index is 524. The van der Waals surface area contributed by atoms with Gasteiger partial charge in [-0.15, -0.1) is 10.2 Å². The molecular formula is C11H16N6O. The molecule has 0 saturated carbocycles. The van der Waals surface area contributed by atoms with Gasteiger partial charge >= 0.3 is 0 Å². The van der Waals surface area contributed by atoms with E-state index in [1.54, 1.807) is 12.4 Å². The average Bonchev–Trinajstić information content (AvgIpc) is 2.72. The minimum atomic E-state index is 0.519. The Morgan fingerprint density at radius 1 is 1.39 bits per heavy atom. The van der Waals surface area contributed by atoms with Crippen molar-refractivity contribution in [1.82, 2.24) is 24.7 Å². The molecule has 2 aromatic heterocycles. The zero-order valence-corrected chi connectivity index (χ0v) is 10.7. The van der Waals surface area contributed by atoms with Crippen molar-refractivity contribution in [2.24, 2.45) is 7.05 Å². The third-order valence-electron chi connectivity index (χ3n) is 2.33. The standard InChI is InChI=1S/C11H16N6O/c1-4-18-10-5-8(2)14-11(15-10)12-6-9-16-13-7-17(9)3/h5,7H,4,6H2,1-3H3,(H,12,14,15). The van der Waals surface area contributed by atoms with E-state index in [9.17, 15) is 0 Å². The van der Waals surface area contributed by atoms with Crippen molar-refractivity contribution in [3.63, 3.8) is 0 Å². The Hall–Kier alpha value is -2.18. The zero-order valence-electron chi connectivity index (χ0n) is 10.7. The van der Waals surface area contributed by atoms with Crippen LogP contribution >= 0.6 is 0 Å². The van der Waals surface area contributed by atoms with Crippen molar-refractivity contribution >= 4 is 5.95 Å². The second-order valence-electron chi connectivity index (χ2n) is 3.82. The van der Waals surface area contributed by atoms with E-state index in [4.69, 9.17) is 4.74 Å². The molecule has 1 N–H and O–H groups in total. The fourth-order valence-electron chi connectivity index (χ4n) is 1.47. The normalized spacial score (nSPS) is 10.4. The highest BCUT2D eigenvalue weighted by Gasteiger charge is 2.05. The molecule has 18 heavy (non-hydrogen) atoms. The predicted molar refractivity (Wildman–Crippen MR) is 66.3 cm³/mol. The minimum absolute atomic E-state index is 0.519. The molecule has 0 aliphatic rings. The van der Waals surface area contributed by atoms with Gasteiger partial charge < -0.3 is 14.6 Å². The number of anilines is 1. The topological polar surface area (TPSA) is 77.8 Å². The molecule has 2 rings (SSSR count). The first-order valence-corrected chi connectivity index (χ1v) is 5.74. The van der Waals surface area contributed by atoms with Crippen LogP contribution in [-0.2, 0) is 13.6 Å². The van der Waals surface area contributed by atoms with Crippen molar-refractivity contribution in [2.75, 3.05) is 11.9 Å². The molecule has 7 nitrogen and oxygen atoms in total. The third-order valence-corrected chi connectivity index (χ3v) is 2.33. The van der Waals surface area contributed by atoms with Crippen LogP contribution in [0.5, 0.6) is 5.88 Å². The van der Waals surface area contributed by atoms with Gasteiger partial charge in [0.15, 0.2) is 5.82 Å². The Morgan fingerprint density at radius 2 is 2.22 bits per heavy atom. The van der Waals surface area contributed by atoms with Crippen molar-refractivity contribution in [1.29, 1.82) is 0 Å². The monoisotopic (exact) mass is 248 g/mol. The molecule has 0 bridgehead atoms. The summed E-state index contributed by atoms with van der Waals surface area (Å²) < 4.78 is 7.20. The fraction of sp³-hybridized carbons (Fsp3) is 0.455. The summed E-state index contributed by atoms with van der Waals surface area (Å²) in [6, 6.07) is 1.80. The van der Waals surface area contributed by atoms with E-state index in [1.165, 1.54) is 0 Å². The number of hydrogen-bond acceptors (Lipinski definition) is 6. The lowest BCUT2D eigenvalue weighted by molar-refractivity contribution is 0.326. The van der Waals surface area contributed by atoms with Gasteiger partial charge in [-0.3, -0.25) is 0 Å². The molecule has 0 saturated heterocycles. The minimum Gasteiger partial charge on any atom is -0.478 e. The highest BCUT2D eigenvalue weighted by atomic mass is 16.5. The Morgan fingerprint density at radius 3 is 2.89 bits per heavy atom. The molecule has 0 fully saturated rings. The molecular weight excluding hydrogens is 232 g/mol. The Kier molecular flexibility index (Phi) is 3.71. The second-order valence-corrected chi connectivity index (χ2v) is 3.82. The maximum atomic E-state index is 5.36. The summed E-state index contributed by atoms with van der Waals surface area (Å²) in [7, 11) is 1.89. The Labute approximate surface area is 105 Å². The van der Waals surface area contributed by atoms with E-state index in [0.717, 1.165) is 11.5 Å². The number of aromatic nitrogens is 5. The van der Waals surface area contributed by atoms with Crippen molar-refractivity contribution in [3.05, 3.63) is 23.9 Å². The molecule has 7 heteroatoms. The highest BCUT2D eigenvalue weighted by Crippen LogP contribution is 2.12. The third kappa shape index (κ3) is 2.93. The van der Waals surface area contributed by atoms with Crippen LogP contribution in [0, 0.1) is 6.92 Å². The number of rotatable bonds is 5. The van der Waals surface area contributed by atoms with E-state index >= 15 is 0 Å². The van der Waals surface area contributed by atoms with Gasteiger partial charge in [0.1, 0.15) is 6.33 Å². The SMILES string of the molecule is CCOc1cc(C)nc(NCc2nncn2C)n1. The average molecular weight is 248 g/mol. The number of nitrogens with one attached hydrogen (secondary N) is 1. The first-order valence-electron chi connectivity index (χ1n) is 5.74. The number of ether oxygens (including phenoxy) is 1. The van der Waals surface area contributed by atoms with Crippen LogP contribution in [0.1, 0.15) is 18.4 Å². The summed E-state index contributed by atoms with van der Waals surface area (Å²) in [5.41, 5.74) is 0.855. The molecule has 0 amide bonds. The van der Waals surface area contributed by atoms with Gasteiger partial charge in [-0.25, -0.2) is 4.98 Å². The van der Waals surface area contributed by atoms with Crippen LogP contribution in [0.2, 0.25) is 0 Å². The highest BCUT2D eigenvalue weighted by molar-refractivity contribution is 5.30. The first kappa shape index (κ1) is 12.3. The molecule has 0 aliphatic heterocycles. The van der Waals surface area contributed by atoms with Gasteiger partial charge in [-0.05, 0) is 13.8 Å². The number of aryl methyl sites for hydroxylation is 2. The maximum absolute atomic E-state index is 5.36. The van der Waals surface area contributed by atoms with Crippen LogP contribution in [0.25, 0.3) is 0 Å². The molecule has 0 spiro atoms. The van der Waals surface area contributed by atoms with E-state index in [-0.39, 0.29) is 0 Å². The van der Waals surface area contributed by atoms with Gasteiger partial charge in [0.25, 0.3) is 0 Å². The molecule has 2 aromatic rings. The molecule has 0 aromatic carbocycles. The summed E-state index contributed by atoms with van der Waals surface area (Å²) in [4.78, 5) is 8.54. The second kappa shape index (κ2) is 5.44. The van der Waals surface area contributed by atoms with Crippen LogP contribution in [-0.4, -0.2) is 31.3 Å². The largest absolute Gasteiger partial charge is 0.478 e. The summed E-state index contributed by atoms with van der Waals surface area (Å²) in [6.07, 6.45) is 1.65.